The molecule has 0 saturated carbocycles. The number of hydrogen-bond acceptors (Lipinski definition) is 2. The van der Waals surface area contributed by atoms with E-state index in [0.29, 0.717) is 5.91 Å². The van der Waals surface area contributed by atoms with E-state index in [9.17, 15) is 4.79 Å². The first kappa shape index (κ1) is 8.42. The molecule has 0 aliphatic carbocycles. The molecule has 12 heavy (non-hydrogen) atoms. The highest BCUT2D eigenvalue weighted by molar-refractivity contribution is 8.00. The predicted molar refractivity (Wildman–Crippen MR) is 51.0 cm³/mol. The molecule has 68 valence electrons. The Balaban J connectivity index is 2.11. The zero-order valence-electron chi connectivity index (χ0n) is 7.51. The Kier molecular flexibility index (Phi) is 2.07. The van der Waals surface area contributed by atoms with Crippen LogP contribution in [0.3, 0.4) is 0 Å². The summed E-state index contributed by atoms with van der Waals surface area (Å²) in [7, 11) is 0. The topological polar surface area (TPSA) is 20.3 Å². The van der Waals surface area contributed by atoms with E-state index >= 15 is 0 Å². The van der Waals surface area contributed by atoms with Crippen LogP contribution >= 0.6 is 11.8 Å². The van der Waals surface area contributed by atoms with Crippen molar-refractivity contribution in [1.82, 2.24) is 4.90 Å². The predicted octanol–water partition coefficient (Wildman–Crippen LogP) is 1.85. The lowest BCUT2D eigenvalue weighted by molar-refractivity contribution is -0.130. The highest BCUT2D eigenvalue weighted by Crippen LogP contribution is 2.42. The maximum absolute atomic E-state index is 11.5. The number of thioether (sulfide) groups is 1. The second kappa shape index (κ2) is 2.95. The van der Waals surface area contributed by atoms with Crippen LogP contribution in [0.2, 0.25) is 0 Å². The van der Waals surface area contributed by atoms with Gasteiger partial charge in [-0.3, -0.25) is 4.79 Å². The number of amides is 1. The molecule has 2 fully saturated rings. The zero-order valence-corrected chi connectivity index (χ0v) is 8.32. The molecule has 1 unspecified atom stereocenters. The number of nitrogens with zero attached hydrogens (tertiary/aromatic N) is 1. The van der Waals surface area contributed by atoms with Crippen LogP contribution in [0.4, 0.5) is 0 Å². The molecular formula is C9H15NOS. The molecule has 0 N–H and O–H groups in total. The summed E-state index contributed by atoms with van der Waals surface area (Å²) in [6.45, 7) is 3.20. The minimum atomic E-state index is 0.146. The maximum atomic E-state index is 11.5. The molecule has 0 bridgehead atoms. The Morgan fingerprint density at radius 1 is 1.50 bits per heavy atom. The normalized spacial score (nSPS) is 36.4. The van der Waals surface area contributed by atoms with E-state index in [1.54, 1.807) is 0 Å². The van der Waals surface area contributed by atoms with Gasteiger partial charge in [-0.25, -0.2) is 0 Å². The van der Waals surface area contributed by atoms with Gasteiger partial charge in [-0.15, -0.1) is 11.8 Å². The summed E-state index contributed by atoms with van der Waals surface area (Å²) in [4.78, 5) is 13.7. The summed E-state index contributed by atoms with van der Waals surface area (Å²) < 4.78 is 0. The Labute approximate surface area is 77.7 Å². The van der Waals surface area contributed by atoms with Crippen molar-refractivity contribution < 1.29 is 4.79 Å². The maximum Gasteiger partial charge on any atom is 0.223 e. The summed E-state index contributed by atoms with van der Waals surface area (Å²) in [6, 6.07) is 0. The minimum absolute atomic E-state index is 0.146. The molecule has 0 aromatic heterocycles. The molecule has 1 atom stereocenters. The van der Waals surface area contributed by atoms with Gasteiger partial charge in [-0.2, -0.15) is 0 Å². The lowest BCUT2D eigenvalue weighted by Gasteiger charge is -2.34. The van der Waals surface area contributed by atoms with Gasteiger partial charge in [0.1, 0.15) is 0 Å². The monoisotopic (exact) mass is 185 g/mol. The number of likely N-dealkylation sites (tertiary alicyclic amines) is 1. The Morgan fingerprint density at radius 2 is 2.33 bits per heavy atom. The molecule has 0 aromatic rings. The van der Waals surface area contributed by atoms with Crippen LogP contribution in [-0.4, -0.2) is 28.0 Å². The first-order valence-corrected chi connectivity index (χ1v) is 5.65. The Bertz CT molecular complexity index is 199. The van der Waals surface area contributed by atoms with Gasteiger partial charge < -0.3 is 4.90 Å². The molecule has 0 aromatic carbocycles. The van der Waals surface area contributed by atoms with Crippen molar-refractivity contribution in [1.29, 1.82) is 0 Å². The summed E-state index contributed by atoms with van der Waals surface area (Å²) >= 11 is 1.95. The first-order valence-electron chi connectivity index (χ1n) is 4.67. The minimum Gasteiger partial charge on any atom is -0.328 e. The number of carbonyl (C=O) groups excluding carboxylic acids is 1. The second-order valence-corrected chi connectivity index (χ2v) is 5.35. The van der Waals surface area contributed by atoms with Gasteiger partial charge in [0.15, 0.2) is 0 Å². The van der Waals surface area contributed by atoms with Gasteiger partial charge in [-0.05, 0) is 31.9 Å². The third kappa shape index (κ3) is 1.24. The lowest BCUT2D eigenvalue weighted by atomic mass is 10.2. The van der Waals surface area contributed by atoms with Crippen LogP contribution in [0.1, 0.15) is 32.6 Å². The van der Waals surface area contributed by atoms with Crippen LogP contribution < -0.4 is 0 Å². The molecule has 0 radical (unpaired) electrons. The molecule has 2 rings (SSSR count). The van der Waals surface area contributed by atoms with Gasteiger partial charge in [0.2, 0.25) is 5.91 Å². The quantitative estimate of drug-likeness (QED) is 0.621. The fourth-order valence-electron chi connectivity index (χ4n) is 2.13. The van der Waals surface area contributed by atoms with Crippen LogP contribution in [0.15, 0.2) is 0 Å². The first-order chi connectivity index (χ1) is 5.72. The summed E-state index contributed by atoms with van der Waals surface area (Å²) in [5, 5.41) is 0. The largest absolute Gasteiger partial charge is 0.328 e. The number of hydrogen-bond donors (Lipinski definition) is 0. The lowest BCUT2D eigenvalue weighted by Crippen LogP contribution is -2.42. The molecule has 2 nitrogen and oxygen atoms in total. The van der Waals surface area contributed by atoms with Gasteiger partial charge >= 0.3 is 0 Å². The van der Waals surface area contributed by atoms with E-state index in [1.165, 1.54) is 18.6 Å². The van der Waals surface area contributed by atoms with Gasteiger partial charge in [-0.1, -0.05) is 0 Å². The van der Waals surface area contributed by atoms with Gasteiger partial charge in [0, 0.05) is 13.0 Å². The average Bonchev–Trinajstić information content (AvgIpc) is 2.59. The third-order valence-corrected chi connectivity index (χ3v) is 4.38. The van der Waals surface area contributed by atoms with E-state index in [-0.39, 0.29) is 4.87 Å². The average molecular weight is 185 g/mol. The van der Waals surface area contributed by atoms with E-state index in [0.717, 1.165) is 19.4 Å². The molecular weight excluding hydrogens is 170 g/mol. The summed E-state index contributed by atoms with van der Waals surface area (Å²) in [6.07, 6.45) is 4.29. The summed E-state index contributed by atoms with van der Waals surface area (Å²) in [5.41, 5.74) is 0. The Hall–Kier alpha value is -0.180. The van der Waals surface area contributed by atoms with Crippen LogP contribution in [0.25, 0.3) is 0 Å². The molecule has 0 spiro atoms. The number of rotatable bonds is 1. The third-order valence-electron chi connectivity index (χ3n) is 2.84. The van der Waals surface area contributed by atoms with Crippen molar-refractivity contribution in [3.63, 3.8) is 0 Å². The molecule has 2 aliphatic heterocycles. The van der Waals surface area contributed by atoms with Gasteiger partial charge in [0.05, 0.1) is 4.87 Å². The second-order valence-electron chi connectivity index (χ2n) is 3.78. The Morgan fingerprint density at radius 3 is 2.83 bits per heavy atom. The molecule has 1 amide bonds. The molecule has 2 heterocycles. The standard InChI is InChI=1S/C9H15NOS/c1-9(5-3-7-12-9)10-6-2-4-8(10)11/h2-7H2,1H3. The van der Waals surface area contributed by atoms with Crippen molar-refractivity contribution in [2.75, 3.05) is 12.3 Å². The summed E-state index contributed by atoms with van der Waals surface area (Å²) in [5.74, 6) is 1.59. The highest BCUT2D eigenvalue weighted by Gasteiger charge is 2.40. The fourth-order valence-corrected chi connectivity index (χ4v) is 3.49. The fraction of sp³-hybridized carbons (Fsp3) is 0.889. The van der Waals surface area contributed by atoms with E-state index in [4.69, 9.17) is 0 Å². The molecule has 2 saturated heterocycles. The van der Waals surface area contributed by atoms with Crippen LogP contribution in [-0.2, 0) is 4.79 Å². The van der Waals surface area contributed by atoms with Crippen molar-refractivity contribution in [2.45, 2.75) is 37.5 Å². The van der Waals surface area contributed by atoms with Crippen LogP contribution in [0, 0.1) is 0 Å². The molecule has 3 heteroatoms. The highest BCUT2D eigenvalue weighted by atomic mass is 32.2. The van der Waals surface area contributed by atoms with E-state index in [1.807, 2.05) is 11.8 Å². The van der Waals surface area contributed by atoms with Crippen molar-refractivity contribution in [3.8, 4) is 0 Å². The van der Waals surface area contributed by atoms with E-state index < -0.39 is 0 Å². The van der Waals surface area contributed by atoms with Gasteiger partial charge in [0.25, 0.3) is 0 Å². The van der Waals surface area contributed by atoms with Crippen molar-refractivity contribution >= 4 is 17.7 Å². The smallest absolute Gasteiger partial charge is 0.223 e. The van der Waals surface area contributed by atoms with Crippen molar-refractivity contribution in [3.05, 3.63) is 0 Å². The number of carbonyl (C=O) groups is 1. The van der Waals surface area contributed by atoms with E-state index in [2.05, 4.69) is 11.8 Å². The van der Waals surface area contributed by atoms with Crippen LogP contribution in [0.5, 0.6) is 0 Å². The van der Waals surface area contributed by atoms with Crippen molar-refractivity contribution in [2.24, 2.45) is 0 Å². The molecule has 2 aliphatic rings. The SMILES string of the molecule is CC1(N2CCCC2=O)CCCS1. The zero-order chi connectivity index (χ0) is 8.60.